The van der Waals surface area contributed by atoms with Crippen molar-refractivity contribution in [2.75, 3.05) is 6.26 Å². The highest BCUT2D eigenvalue weighted by Gasteiger charge is 2.13. The standard InChI is InChI=1S/C17H18ClN5O2S/c1-12(15-5-3-4-6-16(15)18)19-11-17-20-21-22-23(17)13-7-9-14(10-8-13)26(2,24)25/h3-10,12,19H,11H2,1-2H3. The van der Waals surface area contributed by atoms with Crippen LogP contribution < -0.4 is 5.32 Å². The van der Waals surface area contributed by atoms with Gasteiger partial charge in [0.1, 0.15) is 0 Å². The summed E-state index contributed by atoms with van der Waals surface area (Å²) in [6.45, 7) is 2.43. The van der Waals surface area contributed by atoms with Gasteiger partial charge in [-0.1, -0.05) is 29.8 Å². The van der Waals surface area contributed by atoms with Gasteiger partial charge in [-0.2, -0.15) is 4.68 Å². The van der Waals surface area contributed by atoms with Gasteiger partial charge < -0.3 is 5.32 Å². The lowest BCUT2D eigenvalue weighted by Crippen LogP contribution is -2.21. The van der Waals surface area contributed by atoms with Crippen molar-refractivity contribution in [1.29, 1.82) is 0 Å². The third-order valence-corrected chi connectivity index (χ3v) is 5.45. The van der Waals surface area contributed by atoms with E-state index in [1.807, 2.05) is 31.2 Å². The second-order valence-electron chi connectivity index (χ2n) is 5.90. The van der Waals surface area contributed by atoms with Crippen LogP contribution in [0.1, 0.15) is 24.4 Å². The molecule has 0 aliphatic carbocycles. The molecule has 1 N–H and O–H groups in total. The number of nitrogens with one attached hydrogen (secondary N) is 1. The maximum Gasteiger partial charge on any atom is 0.175 e. The van der Waals surface area contributed by atoms with Gasteiger partial charge in [0.15, 0.2) is 15.7 Å². The average molecular weight is 392 g/mol. The van der Waals surface area contributed by atoms with Crippen molar-refractivity contribution >= 4 is 21.4 Å². The van der Waals surface area contributed by atoms with Gasteiger partial charge in [-0.15, -0.1) is 5.10 Å². The van der Waals surface area contributed by atoms with E-state index in [1.54, 1.807) is 16.8 Å². The first kappa shape index (κ1) is 18.5. The Morgan fingerprint density at radius 3 is 2.50 bits per heavy atom. The normalized spacial score (nSPS) is 12.9. The summed E-state index contributed by atoms with van der Waals surface area (Å²) < 4.78 is 24.7. The number of aromatic nitrogens is 4. The monoisotopic (exact) mass is 391 g/mol. The van der Waals surface area contributed by atoms with Gasteiger partial charge in [0.2, 0.25) is 0 Å². The molecular formula is C17H18ClN5O2S. The van der Waals surface area contributed by atoms with Crippen LogP contribution >= 0.6 is 11.6 Å². The fraction of sp³-hybridized carbons (Fsp3) is 0.235. The lowest BCUT2D eigenvalue weighted by molar-refractivity contribution is 0.551. The number of sulfone groups is 1. The summed E-state index contributed by atoms with van der Waals surface area (Å²) in [7, 11) is -3.24. The van der Waals surface area contributed by atoms with Crippen LogP contribution in [0.15, 0.2) is 53.4 Å². The first-order valence-corrected chi connectivity index (χ1v) is 10.2. The molecular weight excluding hydrogens is 374 g/mol. The Balaban J connectivity index is 1.76. The van der Waals surface area contributed by atoms with E-state index in [0.717, 1.165) is 5.56 Å². The number of hydrogen-bond donors (Lipinski definition) is 1. The molecule has 2 aromatic carbocycles. The van der Waals surface area contributed by atoms with Gasteiger partial charge in [0.05, 0.1) is 17.1 Å². The fourth-order valence-electron chi connectivity index (χ4n) is 2.53. The van der Waals surface area contributed by atoms with Crippen LogP contribution in [0.25, 0.3) is 5.69 Å². The quantitative estimate of drug-likeness (QED) is 0.694. The van der Waals surface area contributed by atoms with Crippen molar-refractivity contribution in [3.05, 3.63) is 64.9 Å². The van der Waals surface area contributed by atoms with E-state index in [1.165, 1.54) is 18.4 Å². The molecule has 1 unspecified atom stereocenters. The molecule has 26 heavy (non-hydrogen) atoms. The van der Waals surface area contributed by atoms with E-state index >= 15 is 0 Å². The molecule has 1 heterocycles. The van der Waals surface area contributed by atoms with Crippen LogP contribution in [0.3, 0.4) is 0 Å². The minimum atomic E-state index is -3.24. The molecule has 136 valence electrons. The van der Waals surface area contributed by atoms with Crippen LogP contribution in [0.5, 0.6) is 0 Å². The van der Waals surface area contributed by atoms with Gasteiger partial charge in [-0.05, 0) is 53.2 Å². The number of benzene rings is 2. The van der Waals surface area contributed by atoms with E-state index in [0.29, 0.717) is 23.1 Å². The molecule has 0 spiro atoms. The summed E-state index contributed by atoms with van der Waals surface area (Å²) >= 11 is 6.22. The van der Waals surface area contributed by atoms with Crippen LogP contribution in [0, 0.1) is 0 Å². The Bertz CT molecular complexity index is 1000. The first-order valence-electron chi connectivity index (χ1n) is 7.92. The summed E-state index contributed by atoms with van der Waals surface area (Å²) in [6.07, 6.45) is 1.17. The molecule has 1 aromatic heterocycles. The molecule has 7 nitrogen and oxygen atoms in total. The van der Waals surface area contributed by atoms with Gasteiger partial charge in [-0.25, -0.2) is 8.42 Å². The van der Waals surface area contributed by atoms with E-state index in [9.17, 15) is 8.42 Å². The zero-order valence-electron chi connectivity index (χ0n) is 14.3. The highest BCUT2D eigenvalue weighted by molar-refractivity contribution is 7.90. The minimum Gasteiger partial charge on any atom is -0.303 e. The summed E-state index contributed by atoms with van der Waals surface area (Å²) in [6, 6.07) is 14.1. The summed E-state index contributed by atoms with van der Waals surface area (Å²) in [5.41, 5.74) is 1.68. The van der Waals surface area contributed by atoms with Crippen molar-refractivity contribution in [1.82, 2.24) is 25.5 Å². The van der Waals surface area contributed by atoms with Crippen molar-refractivity contribution in [2.24, 2.45) is 0 Å². The van der Waals surface area contributed by atoms with Crippen molar-refractivity contribution < 1.29 is 8.42 Å². The number of rotatable bonds is 6. The Morgan fingerprint density at radius 1 is 1.15 bits per heavy atom. The second-order valence-corrected chi connectivity index (χ2v) is 8.32. The van der Waals surface area contributed by atoms with Crippen LogP contribution in [0.2, 0.25) is 5.02 Å². The van der Waals surface area contributed by atoms with E-state index in [-0.39, 0.29) is 10.9 Å². The van der Waals surface area contributed by atoms with Crippen molar-refractivity contribution in [3.63, 3.8) is 0 Å². The Kier molecular flexibility index (Phi) is 5.36. The molecule has 3 rings (SSSR count). The zero-order chi connectivity index (χ0) is 18.7. The lowest BCUT2D eigenvalue weighted by Gasteiger charge is -2.15. The zero-order valence-corrected chi connectivity index (χ0v) is 15.9. The largest absolute Gasteiger partial charge is 0.303 e. The van der Waals surface area contributed by atoms with E-state index in [2.05, 4.69) is 20.8 Å². The Hall–Kier alpha value is -2.29. The maximum atomic E-state index is 11.6. The number of halogens is 1. The first-order chi connectivity index (χ1) is 12.4. The molecule has 0 saturated heterocycles. The van der Waals surface area contributed by atoms with Crippen LogP contribution in [-0.2, 0) is 16.4 Å². The highest BCUT2D eigenvalue weighted by atomic mass is 35.5. The molecule has 0 bridgehead atoms. The Morgan fingerprint density at radius 2 is 1.85 bits per heavy atom. The van der Waals surface area contributed by atoms with Gasteiger partial charge in [0, 0.05) is 17.3 Å². The number of nitrogens with zero attached hydrogens (tertiary/aromatic N) is 4. The minimum absolute atomic E-state index is 0.0152. The molecule has 0 amide bonds. The molecule has 1 atom stereocenters. The predicted molar refractivity (Wildman–Crippen MR) is 99.0 cm³/mol. The molecule has 3 aromatic rings. The van der Waals surface area contributed by atoms with Gasteiger partial charge in [-0.3, -0.25) is 0 Å². The Labute approximate surface area is 156 Å². The number of hydrogen-bond acceptors (Lipinski definition) is 6. The molecule has 0 aliphatic heterocycles. The predicted octanol–water partition coefficient (Wildman–Crippen LogP) is 2.57. The molecule has 9 heteroatoms. The van der Waals surface area contributed by atoms with Crippen LogP contribution in [0.4, 0.5) is 0 Å². The lowest BCUT2D eigenvalue weighted by atomic mass is 10.1. The summed E-state index contributed by atoms with van der Waals surface area (Å²) in [5.74, 6) is 0.607. The summed E-state index contributed by atoms with van der Waals surface area (Å²) in [4.78, 5) is 0.251. The van der Waals surface area contributed by atoms with E-state index < -0.39 is 9.84 Å². The second kappa shape index (κ2) is 7.53. The fourth-order valence-corrected chi connectivity index (χ4v) is 3.46. The molecule has 0 saturated carbocycles. The van der Waals surface area contributed by atoms with Crippen molar-refractivity contribution in [3.8, 4) is 5.69 Å². The molecule has 0 fully saturated rings. The average Bonchev–Trinajstić information content (AvgIpc) is 3.08. The third-order valence-electron chi connectivity index (χ3n) is 3.98. The number of tetrazole rings is 1. The molecule has 0 aliphatic rings. The topological polar surface area (TPSA) is 89.8 Å². The van der Waals surface area contributed by atoms with Crippen LogP contribution in [-0.4, -0.2) is 34.9 Å². The SMILES string of the molecule is CC(NCc1nnnn1-c1ccc(S(C)(=O)=O)cc1)c1ccccc1Cl. The van der Waals surface area contributed by atoms with Gasteiger partial charge in [0.25, 0.3) is 0 Å². The van der Waals surface area contributed by atoms with Crippen molar-refractivity contribution in [2.45, 2.75) is 24.4 Å². The highest BCUT2D eigenvalue weighted by Crippen LogP contribution is 2.22. The smallest absolute Gasteiger partial charge is 0.175 e. The summed E-state index contributed by atoms with van der Waals surface area (Å²) in [5, 5.41) is 15.8. The van der Waals surface area contributed by atoms with E-state index in [4.69, 9.17) is 11.6 Å². The molecule has 0 radical (unpaired) electrons. The third kappa shape index (κ3) is 4.09. The maximum absolute atomic E-state index is 11.6. The van der Waals surface area contributed by atoms with Gasteiger partial charge >= 0.3 is 0 Å².